The van der Waals surface area contributed by atoms with Crippen LogP contribution in [0.1, 0.15) is 42.5 Å². The van der Waals surface area contributed by atoms with Gasteiger partial charge in [-0.1, -0.05) is 49.4 Å². The first-order valence-corrected chi connectivity index (χ1v) is 12.9. The molecule has 3 amide bonds. The van der Waals surface area contributed by atoms with E-state index in [2.05, 4.69) is 24.4 Å². The van der Waals surface area contributed by atoms with Crippen molar-refractivity contribution < 1.29 is 14.3 Å². The molecule has 2 aromatic carbocycles. The highest BCUT2D eigenvalue weighted by Crippen LogP contribution is 2.25. The predicted octanol–water partition coefficient (Wildman–Crippen LogP) is 6.32. The summed E-state index contributed by atoms with van der Waals surface area (Å²) >= 11 is 1.69. The number of aryl methyl sites for hydroxylation is 1. The van der Waals surface area contributed by atoms with E-state index >= 15 is 0 Å². The summed E-state index contributed by atoms with van der Waals surface area (Å²) < 4.78 is 5.65. The Hall–Kier alpha value is -3.32. The van der Waals surface area contributed by atoms with Gasteiger partial charge < -0.3 is 19.9 Å². The molecule has 0 bridgehead atoms. The Kier molecular flexibility index (Phi) is 9.73. The number of carbonyl (C=O) groups excluding carboxylic acids is 2. The van der Waals surface area contributed by atoms with Crippen LogP contribution >= 0.6 is 11.3 Å². The van der Waals surface area contributed by atoms with Crippen LogP contribution in [0, 0.1) is 6.92 Å². The summed E-state index contributed by atoms with van der Waals surface area (Å²) in [5, 5.41) is 2.95. The standard InChI is InChI=1S/C28H35N3O3S/c1-5-21(3)31(28(33)29-25-14-10-11-15-26(25)34-6-2)20-27(32)30(18-23-12-8-7-9-13-23)19-24-17-16-22(4)35-24/h7-17,21H,5-6,18-20H2,1-4H3,(H,29,33). The van der Waals surface area contributed by atoms with Gasteiger partial charge in [-0.05, 0) is 57.0 Å². The Balaban J connectivity index is 1.79. The zero-order valence-electron chi connectivity index (χ0n) is 21.0. The third-order valence-corrected chi connectivity index (χ3v) is 6.81. The van der Waals surface area contributed by atoms with Crippen molar-refractivity contribution in [1.29, 1.82) is 0 Å². The summed E-state index contributed by atoms with van der Waals surface area (Å²) in [5.74, 6) is 0.519. The van der Waals surface area contributed by atoms with Gasteiger partial charge in [-0.25, -0.2) is 4.79 Å². The van der Waals surface area contributed by atoms with E-state index in [0.717, 1.165) is 16.9 Å². The topological polar surface area (TPSA) is 61.9 Å². The van der Waals surface area contributed by atoms with Crippen LogP contribution in [0.3, 0.4) is 0 Å². The molecule has 0 aliphatic heterocycles. The lowest BCUT2D eigenvalue weighted by atomic mass is 10.2. The fourth-order valence-electron chi connectivity index (χ4n) is 3.73. The van der Waals surface area contributed by atoms with Crippen LogP contribution in [0.5, 0.6) is 5.75 Å². The minimum Gasteiger partial charge on any atom is -0.492 e. The van der Waals surface area contributed by atoms with E-state index in [0.29, 0.717) is 31.1 Å². The molecular weight excluding hydrogens is 458 g/mol. The van der Waals surface area contributed by atoms with Crippen molar-refractivity contribution in [1.82, 2.24) is 9.80 Å². The Bertz CT molecular complexity index is 1100. The summed E-state index contributed by atoms with van der Waals surface area (Å²) in [7, 11) is 0. The van der Waals surface area contributed by atoms with Gasteiger partial charge in [0.25, 0.3) is 0 Å². The summed E-state index contributed by atoms with van der Waals surface area (Å²) in [4.78, 5) is 32.7. The van der Waals surface area contributed by atoms with Crippen LogP contribution in [-0.2, 0) is 17.9 Å². The number of hydrogen-bond donors (Lipinski definition) is 1. The Morgan fingerprint density at radius 3 is 2.34 bits per heavy atom. The number of ether oxygens (including phenoxy) is 1. The van der Waals surface area contributed by atoms with Crippen LogP contribution in [0.15, 0.2) is 66.7 Å². The zero-order valence-corrected chi connectivity index (χ0v) is 21.8. The Labute approximate surface area is 212 Å². The molecule has 0 aliphatic carbocycles. The predicted molar refractivity (Wildman–Crippen MR) is 143 cm³/mol. The van der Waals surface area contributed by atoms with Crippen LogP contribution in [0.4, 0.5) is 10.5 Å². The van der Waals surface area contributed by atoms with Crippen molar-refractivity contribution in [2.75, 3.05) is 18.5 Å². The number of benzene rings is 2. The minimum atomic E-state index is -0.313. The third-order valence-electron chi connectivity index (χ3n) is 5.83. The maximum absolute atomic E-state index is 13.6. The highest BCUT2D eigenvalue weighted by atomic mass is 32.1. The summed E-state index contributed by atoms with van der Waals surface area (Å²) in [5.41, 5.74) is 1.65. The number of nitrogens with zero attached hydrogens (tertiary/aromatic N) is 2. The van der Waals surface area contributed by atoms with Gasteiger partial charge in [0.1, 0.15) is 12.3 Å². The number of nitrogens with one attached hydrogen (secondary N) is 1. The number of thiophene rings is 1. The van der Waals surface area contributed by atoms with Crippen LogP contribution in [0.25, 0.3) is 0 Å². The number of carbonyl (C=O) groups is 2. The number of para-hydroxylation sites is 2. The molecule has 35 heavy (non-hydrogen) atoms. The third kappa shape index (κ3) is 7.59. The molecule has 3 aromatic rings. The van der Waals surface area contributed by atoms with Crippen molar-refractivity contribution in [3.05, 3.63) is 82.0 Å². The average Bonchev–Trinajstić information content (AvgIpc) is 3.28. The number of anilines is 1. The van der Waals surface area contributed by atoms with Crippen molar-refractivity contribution >= 4 is 29.0 Å². The van der Waals surface area contributed by atoms with Crippen molar-refractivity contribution in [2.45, 2.75) is 53.2 Å². The molecule has 1 aromatic heterocycles. The first-order valence-electron chi connectivity index (χ1n) is 12.1. The van der Waals surface area contributed by atoms with Crippen LogP contribution in [-0.4, -0.2) is 40.9 Å². The second kappa shape index (κ2) is 13.0. The second-order valence-electron chi connectivity index (χ2n) is 8.49. The molecule has 0 aliphatic rings. The molecule has 1 atom stereocenters. The molecular formula is C28H35N3O3S. The van der Waals surface area contributed by atoms with E-state index in [1.807, 2.05) is 74.2 Å². The van der Waals surface area contributed by atoms with Crippen molar-refractivity contribution in [2.24, 2.45) is 0 Å². The maximum Gasteiger partial charge on any atom is 0.322 e. The molecule has 186 valence electrons. The van der Waals surface area contributed by atoms with Gasteiger partial charge in [0.15, 0.2) is 0 Å². The molecule has 1 heterocycles. The molecule has 1 N–H and O–H groups in total. The molecule has 0 saturated carbocycles. The van der Waals surface area contributed by atoms with Gasteiger partial charge in [-0.3, -0.25) is 4.79 Å². The van der Waals surface area contributed by atoms with Gasteiger partial charge in [0.05, 0.1) is 18.8 Å². The highest BCUT2D eigenvalue weighted by molar-refractivity contribution is 7.11. The van der Waals surface area contributed by atoms with Gasteiger partial charge in [0, 0.05) is 22.3 Å². The summed E-state index contributed by atoms with van der Waals surface area (Å²) in [6.07, 6.45) is 0.733. The first kappa shape index (κ1) is 26.3. The van der Waals surface area contributed by atoms with Gasteiger partial charge >= 0.3 is 6.03 Å². The summed E-state index contributed by atoms with van der Waals surface area (Å²) in [6.45, 7) is 9.43. The molecule has 0 saturated heterocycles. The Morgan fingerprint density at radius 2 is 1.69 bits per heavy atom. The van der Waals surface area contributed by atoms with E-state index in [1.165, 1.54) is 4.88 Å². The molecule has 0 fully saturated rings. The lowest BCUT2D eigenvalue weighted by molar-refractivity contribution is -0.133. The van der Waals surface area contributed by atoms with Crippen LogP contribution in [0.2, 0.25) is 0 Å². The lowest BCUT2D eigenvalue weighted by Gasteiger charge is -2.31. The van der Waals surface area contributed by atoms with E-state index in [4.69, 9.17) is 4.74 Å². The van der Waals surface area contributed by atoms with Gasteiger partial charge in [0.2, 0.25) is 5.91 Å². The largest absolute Gasteiger partial charge is 0.492 e. The Morgan fingerprint density at radius 1 is 0.971 bits per heavy atom. The number of hydrogen-bond acceptors (Lipinski definition) is 4. The fourth-order valence-corrected chi connectivity index (χ4v) is 4.63. The molecule has 6 nitrogen and oxygen atoms in total. The lowest BCUT2D eigenvalue weighted by Crippen LogP contribution is -2.47. The molecule has 0 spiro atoms. The quantitative estimate of drug-likeness (QED) is 0.340. The molecule has 1 unspecified atom stereocenters. The zero-order chi connectivity index (χ0) is 25.2. The number of urea groups is 1. The first-order chi connectivity index (χ1) is 16.9. The normalized spacial score (nSPS) is 11.5. The molecule has 3 rings (SSSR count). The minimum absolute atomic E-state index is 0.00513. The number of amides is 3. The van der Waals surface area contributed by atoms with Gasteiger partial charge in [-0.2, -0.15) is 0 Å². The number of rotatable bonds is 11. The average molecular weight is 494 g/mol. The SMILES string of the molecule is CCOc1ccccc1NC(=O)N(CC(=O)N(Cc1ccccc1)Cc1ccc(C)s1)C(C)CC. The van der Waals surface area contributed by atoms with E-state index in [9.17, 15) is 9.59 Å². The molecule has 0 radical (unpaired) electrons. The van der Waals surface area contributed by atoms with E-state index in [-0.39, 0.29) is 24.5 Å². The second-order valence-corrected chi connectivity index (χ2v) is 9.86. The highest BCUT2D eigenvalue weighted by Gasteiger charge is 2.26. The monoisotopic (exact) mass is 493 g/mol. The maximum atomic E-state index is 13.6. The van der Waals surface area contributed by atoms with Crippen molar-refractivity contribution in [3.8, 4) is 5.75 Å². The van der Waals surface area contributed by atoms with Crippen LogP contribution < -0.4 is 10.1 Å². The fraction of sp³-hybridized carbons (Fsp3) is 0.357. The van der Waals surface area contributed by atoms with Crippen molar-refractivity contribution in [3.63, 3.8) is 0 Å². The van der Waals surface area contributed by atoms with E-state index in [1.54, 1.807) is 22.3 Å². The van der Waals surface area contributed by atoms with Gasteiger partial charge in [-0.15, -0.1) is 11.3 Å². The molecule has 7 heteroatoms. The smallest absolute Gasteiger partial charge is 0.322 e. The summed E-state index contributed by atoms with van der Waals surface area (Å²) in [6, 6.07) is 21.0. The van der Waals surface area contributed by atoms with E-state index < -0.39 is 0 Å².